The Labute approximate surface area is 92.7 Å². The summed E-state index contributed by atoms with van der Waals surface area (Å²) in [6, 6.07) is -1.09. The highest BCUT2D eigenvalue weighted by Gasteiger charge is 2.19. The van der Waals surface area contributed by atoms with Crippen LogP contribution in [0.1, 0.15) is 25.7 Å². The van der Waals surface area contributed by atoms with Crippen LogP contribution >= 0.6 is 0 Å². The lowest BCUT2D eigenvalue weighted by Crippen LogP contribution is -2.34. The molecule has 0 amide bonds. The third kappa shape index (κ3) is 6.91. The van der Waals surface area contributed by atoms with Crippen molar-refractivity contribution in [3.8, 4) is 0 Å². The minimum Gasteiger partial charge on any atom is -0.481 e. The molecule has 0 aliphatic carbocycles. The molecule has 0 aromatic heterocycles. The number of carbonyl (C=O) groups excluding carboxylic acids is 2. The van der Waals surface area contributed by atoms with Crippen LogP contribution in [0.5, 0.6) is 0 Å². The Kier molecular flexibility index (Phi) is 7.06. The van der Waals surface area contributed by atoms with Gasteiger partial charge in [0.25, 0.3) is 0 Å². The van der Waals surface area contributed by atoms with Gasteiger partial charge in [-0.15, -0.1) is 0 Å². The topological polar surface area (TPSA) is 133 Å². The van der Waals surface area contributed by atoms with Crippen LogP contribution < -0.4 is 11.5 Å². The molecule has 0 heterocycles. The maximum atomic E-state index is 11.1. The fourth-order valence-electron chi connectivity index (χ4n) is 0.882. The minimum absolute atomic E-state index is 0.0495. The average Bonchev–Trinajstić information content (AvgIpc) is 2.22. The summed E-state index contributed by atoms with van der Waals surface area (Å²) in [5.74, 6) is -2.65. The molecule has 0 fully saturated rings. The first-order valence-corrected chi connectivity index (χ1v) is 4.89. The predicted octanol–water partition coefficient (Wildman–Crippen LogP) is -1.01. The molecule has 0 rings (SSSR count). The van der Waals surface area contributed by atoms with Crippen molar-refractivity contribution in [1.29, 1.82) is 0 Å². The SMILES string of the molecule is NCCCC(=O)OC(=O)[C@H](N)CCC(=O)O. The number of carboxylic acid groups (broad SMARTS) is 1. The molecule has 92 valence electrons. The van der Waals surface area contributed by atoms with Gasteiger partial charge in [0.05, 0.1) is 0 Å². The molecule has 0 bridgehead atoms. The van der Waals surface area contributed by atoms with Gasteiger partial charge in [0.1, 0.15) is 6.04 Å². The Hall–Kier alpha value is -1.47. The number of carboxylic acids is 1. The van der Waals surface area contributed by atoms with Crippen LogP contribution in [0.25, 0.3) is 0 Å². The van der Waals surface area contributed by atoms with Crippen LogP contribution in [-0.4, -0.2) is 35.6 Å². The highest BCUT2D eigenvalue weighted by atomic mass is 16.6. The molecule has 0 radical (unpaired) electrons. The molecule has 16 heavy (non-hydrogen) atoms. The summed E-state index contributed by atoms with van der Waals surface area (Å²) in [4.78, 5) is 32.3. The lowest BCUT2D eigenvalue weighted by molar-refractivity contribution is -0.160. The zero-order valence-electron chi connectivity index (χ0n) is 8.85. The second-order valence-electron chi connectivity index (χ2n) is 3.22. The molecule has 0 aliphatic heterocycles. The molecule has 0 aromatic carbocycles. The van der Waals surface area contributed by atoms with E-state index in [1.165, 1.54) is 0 Å². The Morgan fingerprint density at radius 2 is 1.88 bits per heavy atom. The van der Waals surface area contributed by atoms with Crippen molar-refractivity contribution in [2.45, 2.75) is 31.7 Å². The van der Waals surface area contributed by atoms with Crippen LogP contribution in [0.3, 0.4) is 0 Å². The summed E-state index contributed by atoms with van der Waals surface area (Å²) in [7, 11) is 0. The fourth-order valence-corrected chi connectivity index (χ4v) is 0.882. The Bertz CT molecular complexity index is 267. The molecular weight excluding hydrogens is 216 g/mol. The number of rotatable bonds is 7. The van der Waals surface area contributed by atoms with E-state index in [-0.39, 0.29) is 19.3 Å². The largest absolute Gasteiger partial charge is 0.481 e. The first kappa shape index (κ1) is 14.5. The van der Waals surface area contributed by atoms with Gasteiger partial charge in [-0.05, 0) is 19.4 Å². The van der Waals surface area contributed by atoms with Gasteiger partial charge in [0.2, 0.25) is 0 Å². The summed E-state index contributed by atoms with van der Waals surface area (Å²) >= 11 is 0. The van der Waals surface area contributed by atoms with E-state index in [1.54, 1.807) is 0 Å². The van der Waals surface area contributed by atoms with E-state index in [0.29, 0.717) is 13.0 Å². The van der Waals surface area contributed by atoms with Crippen molar-refractivity contribution in [3.63, 3.8) is 0 Å². The van der Waals surface area contributed by atoms with E-state index in [9.17, 15) is 14.4 Å². The normalized spacial score (nSPS) is 11.9. The molecule has 0 saturated carbocycles. The van der Waals surface area contributed by atoms with E-state index >= 15 is 0 Å². The molecule has 0 saturated heterocycles. The highest BCUT2D eigenvalue weighted by Crippen LogP contribution is 1.99. The maximum absolute atomic E-state index is 11.1. The second kappa shape index (κ2) is 7.77. The Balaban J connectivity index is 3.86. The van der Waals surface area contributed by atoms with Crippen LogP contribution in [0.4, 0.5) is 0 Å². The standard InChI is InChI=1S/C9H16N2O5/c10-5-1-2-8(14)16-9(15)6(11)3-4-7(12)13/h6H,1-5,10-11H2,(H,12,13)/t6-/m1/s1. The van der Waals surface area contributed by atoms with Crippen molar-refractivity contribution in [2.24, 2.45) is 11.5 Å². The molecule has 5 N–H and O–H groups in total. The molecule has 0 aliphatic rings. The van der Waals surface area contributed by atoms with E-state index in [1.807, 2.05) is 0 Å². The van der Waals surface area contributed by atoms with Crippen LogP contribution in [0.2, 0.25) is 0 Å². The highest BCUT2D eigenvalue weighted by molar-refractivity contribution is 5.88. The van der Waals surface area contributed by atoms with Crippen LogP contribution in [0.15, 0.2) is 0 Å². The first-order chi connectivity index (χ1) is 7.47. The van der Waals surface area contributed by atoms with Crippen molar-refractivity contribution in [2.75, 3.05) is 6.54 Å². The van der Waals surface area contributed by atoms with Crippen molar-refractivity contribution in [3.05, 3.63) is 0 Å². The molecule has 1 atom stereocenters. The van der Waals surface area contributed by atoms with Gasteiger partial charge in [0.15, 0.2) is 0 Å². The number of nitrogens with two attached hydrogens (primary N) is 2. The summed E-state index contributed by atoms with van der Waals surface area (Å²) in [6.45, 7) is 0.328. The van der Waals surface area contributed by atoms with E-state index in [4.69, 9.17) is 16.6 Å². The lowest BCUT2D eigenvalue weighted by Gasteiger charge is -2.08. The maximum Gasteiger partial charge on any atom is 0.330 e. The average molecular weight is 232 g/mol. The Morgan fingerprint density at radius 1 is 1.25 bits per heavy atom. The number of carbonyl (C=O) groups is 3. The number of hydrogen-bond acceptors (Lipinski definition) is 6. The van der Waals surface area contributed by atoms with E-state index < -0.39 is 23.9 Å². The molecule has 0 unspecified atom stereocenters. The zero-order valence-corrected chi connectivity index (χ0v) is 8.85. The zero-order chi connectivity index (χ0) is 12.6. The van der Waals surface area contributed by atoms with Gasteiger partial charge in [-0.3, -0.25) is 9.59 Å². The van der Waals surface area contributed by atoms with Crippen molar-refractivity contribution >= 4 is 17.9 Å². The van der Waals surface area contributed by atoms with Gasteiger partial charge in [-0.2, -0.15) is 0 Å². The predicted molar refractivity (Wildman–Crippen MR) is 54.2 cm³/mol. The number of ether oxygens (including phenoxy) is 1. The number of aliphatic carboxylic acids is 1. The first-order valence-electron chi connectivity index (χ1n) is 4.89. The smallest absolute Gasteiger partial charge is 0.330 e. The summed E-state index contributed by atoms with van der Waals surface area (Å²) in [6.07, 6.45) is 0.177. The fraction of sp³-hybridized carbons (Fsp3) is 0.667. The van der Waals surface area contributed by atoms with Gasteiger partial charge < -0.3 is 21.3 Å². The molecule has 7 heteroatoms. The number of esters is 2. The Morgan fingerprint density at radius 3 is 2.38 bits per heavy atom. The lowest BCUT2D eigenvalue weighted by atomic mass is 10.2. The van der Waals surface area contributed by atoms with Crippen LogP contribution in [0, 0.1) is 0 Å². The van der Waals surface area contributed by atoms with Crippen molar-refractivity contribution < 1.29 is 24.2 Å². The quantitative estimate of drug-likeness (QED) is 0.378. The molecular formula is C9H16N2O5. The summed E-state index contributed by atoms with van der Waals surface area (Å²) < 4.78 is 4.40. The monoisotopic (exact) mass is 232 g/mol. The summed E-state index contributed by atoms with van der Waals surface area (Å²) in [5, 5.41) is 8.35. The van der Waals surface area contributed by atoms with Gasteiger partial charge in [-0.1, -0.05) is 0 Å². The van der Waals surface area contributed by atoms with E-state index in [0.717, 1.165) is 0 Å². The molecule has 0 aromatic rings. The summed E-state index contributed by atoms with van der Waals surface area (Å²) in [5.41, 5.74) is 10.5. The molecule has 7 nitrogen and oxygen atoms in total. The third-order valence-corrected chi connectivity index (χ3v) is 1.77. The van der Waals surface area contributed by atoms with Crippen LogP contribution in [-0.2, 0) is 19.1 Å². The van der Waals surface area contributed by atoms with E-state index in [2.05, 4.69) is 4.74 Å². The van der Waals surface area contributed by atoms with Gasteiger partial charge in [-0.25, -0.2) is 4.79 Å². The second-order valence-corrected chi connectivity index (χ2v) is 3.22. The third-order valence-electron chi connectivity index (χ3n) is 1.77. The van der Waals surface area contributed by atoms with Gasteiger partial charge >= 0.3 is 17.9 Å². The van der Waals surface area contributed by atoms with Gasteiger partial charge in [0, 0.05) is 12.8 Å². The van der Waals surface area contributed by atoms with Crippen molar-refractivity contribution in [1.82, 2.24) is 0 Å². The minimum atomic E-state index is -1.09. The molecule has 0 spiro atoms. The number of hydrogen-bond donors (Lipinski definition) is 3.